The van der Waals surface area contributed by atoms with Crippen LogP contribution in [0.5, 0.6) is 11.5 Å². The second kappa shape index (κ2) is 11.5. The minimum Gasteiger partial charge on any atom is -0.496 e. The summed E-state index contributed by atoms with van der Waals surface area (Å²) < 4.78 is 12.9. The number of methoxy groups -OCH3 is 1. The normalized spacial score (nSPS) is 15.1. The Kier molecular flexibility index (Phi) is 8.11. The molecule has 1 amide bonds. The fourth-order valence-electron chi connectivity index (χ4n) is 4.45. The van der Waals surface area contributed by atoms with E-state index in [1.807, 2.05) is 38.1 Å². The van der Waals surface area contributed by atoms with Gasteiger partial charge in [-0.1, -0.05) is 41.7 Å². The average molecular weight is 536 g/mol. The van der Waals surface area contributed by atoms with E-state index in [0.29, 0.717) is 56.3 Å². The van der Waals surface area contributed by atoms with Crippen LogP contribution in [0.1, 0.15) is 37.9 Å². The van der Waals surface area contributed by atoms with Gasteiger partial charge in [-0.05, 0) is 50.6 Å². The molecule has 3 aromatic rings. The third kappa shape index (κ3) is 5.26. The zero-order chi connectivity index (χ0) is 27.4. The molecule has 0 aliphatic carbocycles. The quantitative estimate of drug-likeness (QED) is 0.451. The van der Waals surface area contributed by atoms with E-state index < -0.39 is 18.6 Å². The van der Waals surface area contributed by atoms with E-state index >= 15 is 0 Å². The van der Waals surface area contributed by atoms with E-state index in [9.17, 15) is 14.4 Å². The molecule has 1 aliphatic rings. The van der Waals surface area contributed by atoms with E-state index in [1.54, 1.807) is 53.8 Å². The number of fused-ring (bicyclic) bond motifs is 1. The van der Waals surface area contributed by atoms with Gasteiger partial charge in [0, 0.05) is 18.7 Å². The molecule has 0 saturated heterocycles. The fourth-order valence-corrected chi connectivity index (χ4v) is 5.50. The molecule has 4 rings (SSSR count). The topological polar surface area (TPSA) is 110 Å². The van der Waals surface area contributed by atoms with Gasteiger partial charge in [0.25, 0.3) is 11.5 Å². The Morgan fingerprint density at radius 3 is 2.58 bits per heavy atom. The van der Waals surface area contributed by atoms with Crippen LogP contribution < -0.4 is 24.4 Å². The second-order valence-electron chi connectivity index (χ2n) is 8.56. The van der Waals surface area contributed by atoms with Crippen molar-refractivity contribution in [3.05, 3.63) is 90.6 Å². The van der Waals surface area contributed by atoms with Gasteiger partial charge in [0.2, 0.25) is 0 Å². The summed E-state index contributed by atoms with van der Waals surface area (Å²) >= 11 is 1.22. The molecule has 0 spiro atoms. The Bertz CT molecular complexity index is 1580. The molecule has 0 radical (unpaired) electrons. The molecule has 1 aliphatic heterocycles. The van der Waals surface area contributed by atoms with Crippen molar-refractivity contribution in [2.75, 3.05) is 26.8 Å². The lowest BCUT2D eigenvalue weighted by Gasteiger charge is -2.29. The number of para-hydroxylation sites is 1. The lowest BCUT2D eigenvalue weighted by atomic mass is 9.94. The van der Waals surface area contributed by atoms with Gasteiger partial charge in [-0.2, -0.15) is 0 Å². The summed E-state index contributed by atoms with van der Waals surface area (Å²) in [7, 11) is 1.56. The van der Waals surface area contributed by atoms with Gasteiger partial charge in [0.05, 0.1) is 22.9 Å². The number of aromatic nitrogens is 1. The molecule has 198 valence electrons. The molecule has 1 atom stereocenters. The molecule has 0 unspecified atom stereocenters. The summed E-state index contributed by atoms with van der Waals surface area (Å²) in [5.41, 5.74) is 2.05. The number of thiazole rings is 1. The maximum Gasteiger partial charge on any atom is 0.341 e. The third-order valence-corrected chi connectivity index (χ3v) is 7.24. The molecule has 1 N–H and O–H groups in total. The van der Waals surface area contributed by atoms with Gasteiger partial charge in [-0.15, -0.1) is 0 Å². The number of likely N-dealkylation sites (N-methyl/N-ethyl adjacent to an activating group) is 1. The summed E-state index contributed by atoms with van der Waals surface area (Å²) in [4.78, 5) is 45.3. The molecule has 2 aromatic carbocycles. The average Bonchev–Trinajstić information content (AvgIpc) is 3.21. The van der Waals surface area contributed by atoms with Crippen LogP contribution in [0.2, 0.25) is 0 Å². The molecule has 0 bridgehead atoms. The number of aliphatic carboxylic acids is 1. The maximum atomic E-state index is 13.9. The highest BCUT2D eigenvalue weighted by Gasteiger charge is 2.35. The molecule has 10 heteroatoms. The number of carbonyl (C=O) groups is 2. The number of ether oxygens (including phenoxy) is 2. The van der Waals surface area contributed by atoms with Gasteiger partial charge in [0.1, 0.15) is 17.5 Å². The molecular weight excluding hydrogens is 506 g/mol. The molecule has 2 heterocycles. The van der Waals surface area contributed by atoms with Crippen LogP contribution in [0.25, 0.3) is 6.08 Å². The van der Waals surface area contributed by atoms with E-state index in [1.165, 1.54) is 11.3 Å². The molecule has 1 aromatic heterocycles. The summed E-state index contributed by atoms with van der Waals surface area (Å²) in [6.07, 6.45) is 1.71. The highest BCUT2D eigenvalue weighted by molar-refractivity contribution is 7.07. The first-order valence-electron chi connectivity index (χ1n) is 12.2. The highest BCUT2D eigenvalue weighted by atomic mass is 32.1. The van der Waals surface area contributed by atoms with Gasteiger partial charge >= 0.3 is 5.97 Å². The molecular formula is C28H29N3O6S. The first-order valence-corrected chi connectivity index (χ1v) is 13.0. The van der Waals surface area contributed by atoms with Crippen molar-refractivity contribution in [2.24, 2.45) is 4.99 Å². The SMILES string of the molecule is CCN(CC)C(=O)C1=C(C)N=c2s/c(=C/c3cccc(OCC(=O)O)c3)c(=O)n2[C@H]1c1ccccc1OC. The van der Waals surface area contributed by atoms with Crippen molar-refractivity contribution in [1.82, 2.24) is 9.47 Å². The second-order valence-corrected chi connectivity index (χ2v) is 9.57. The van der Waals surface area contributed by atoms with Crippen LogP contribution in [-0.4, -0.2) is 53.3 Å². The van der Waals surface area contributed by atoms with Crippen LogP contribution in [0, 0.1) is 0 Å². The number of carboxylic acids is 1. The van der Waals surface area contributed by atoms with E-state index in [2.05, 4.69) is 4.99 Å². The standard InChI is InChI=1S/C28H29N3O6S/c1-5-30(6-2)27(35)24-17(3)29-28-31(25(24)20-12-7-8-13-21(20)36-4)26(34)22(38-28)15-18-10-9-11-19(14-18)37-16-23(32)33/h7-15,25H,5-6,16H2,1-4H3,(H,32,33)/b22-15+/t25-/m0/s1. The van der Waals surface area contributed by atoms with Crippen molar-refractivity contribution in [2.45, 2.75) is 26.8 Å². The Labute approximate surface area is 223 Å². The number of rotatable bonds is 9. The number of amides is 1. The van der Waals surface area contributed by atoms with Gasteiger partial charge in [-0.25, -0.2) is 9.79 Å². The zero-order valence-corrected chi connectivity index (χ0v) is 22.4. The lowest BCUT2D eigenvalue weighted by molar-refractivity contribution is -0.139. The number of hydrogen-bond acceptors (Lipinski definition) is 7. The Morgan fingerprint density at radius 2 is 1.89 bits per heavy atom. The minimum absolute atomic E-state index is 0.176. The van der Waals surface area contributed by atoms with E-state index in [0.717, 1.165) is 0 Å². The fraction of sp³-hybridized carbons (Fsp3) is 0.286. The summed E-state index contributed by atoms with van der Waals surface area (Å²) in [5, 5.41) is 8.89. The number of hydrogen-bond donors (Lipinski definition) is 1. The van der Waals surface area contributed by atoms with E-state index in [-0.39, 0.29) is 11.5 Å². The maximum absolute atomic E-state index is 13.9. The number of allylic oxidation sites excluding steroid dienone is 1. The van der Waals surface area contributed by atoms with Crippen molar-refractivity contribution >= 4 is 29.3 Å². The Balaban J connectivity index is 1.91. The zero-order valence-electron chi connectivity index (χ0n) is 21.6. The van der Waals surface area contributed by atoms with Crippen LogP contribution in [0.15, 0.2) is 69.6 Å². The van der Waals surface area contributed by atoms with Crippen LogP contribution >= 0.6 is 11.3 Å². The van der Waals surface area contributed by atoms with Crippen LogP contribution in [0.4, 0.5) is 0 Å². The largest absolute Gasteiger partial charge is 0.496 e. The molecule has 9 nitrogen and oxygen atoms in total. The lowest BCUT2D eigenvalue weighted by Crippen LogP contribution is -2.43. The van der Waals surface area contributed by atoms with Crippen molar-refractivity contribution in [3.8, 4) is 11.5 Å². The predicted octanol–water partition coefficient (Wildman–Crippen LogP) is 2.58. The van der Waals surface area contributed by atoms with Crippen molar-refractivity contribution in [1.29, 1.82) is 0 Å². The van der Waals surface area contributed by atoms with Crippen molar-refractivity contribution < 1.29 is 24.2 Å². The smallest absolute Gasteiger partial charge is 0.341 e. The Morgan fingerprint density at radius 1 is 1.16 bits per heavy atom. The molecule has 0 fully saturated rings. The number of nitrogens with zero attached hydrogens (tertiary/aromatic N) is 3. The van der Waals surface area contributed by atoms with Crippen LogP contribution in [-0.2, 0) is 9.59 Å². The highest BCUT2D eigenvalue weighted by Crippen LogP contribution is 2.36. The Hall–Kier alpha value is -4.18. The van der Waals surface area contributed by atoms with Gasteiger partial charge < -0.3 is 19.5 Å². The minimum atomic E-state index is -1.08. The summed E-state index contributed by atoms with van der Waals surface area (Å²) in [5.74, 6) is -0.311. The third-order valence-electron chi connectivity index (χ3n) is 6.25. The first-order chi connectivity index (χ1) is 18.3. The number of carbonyl (C=O) groups excluding carboxylic acids is 1. The summed E-state index contributed by atoms with van der Waals surface area (Å²) in [6.45, 7) is 6.20. The van der Waals surface area contributed by atoms with Gasteiger partial charge in [-0.3, -0.25) is 14.2 Å². The summed E-state index contributed by atoms with van der Waals surface area (Å²) in [6, 6.07) is 13.5. The first kappa shape index (κ1) is 26.9. The monoisotopic (exact) mass is 535 g/mol. The molecule has 0 saturated carbocycles. The number of benzene rings is 2. The van der Waals surface area contributed by atoms with Crippen molar-refractivity contribution in [3.63, 3.8) is 0 Å². The predicted molar refractivity (Wildman–Crippen MR) is 144 cm³/mol. The van der Waals surface area contributed by atoms with Crippen LogP contribution in [0.3, 0.4) is 0 Å². The van der Waals surface area contributed by atoms with Gasteiger partial charge in [0.15, 0.2) is 11.4 Å². The van der Waals surface area contributed by atoms with E-state index in [4.69, 9.17) is 14.6 Å². The molecule has 38 heavy (non-hydrogen) atoms. The number of carboxylic acid groups (broad SMARTS) is 1.